The summed E-state index contributed by atoms with van der Waals surface area (Å²) in [7, 11) is 0. The summed E-state index contributed by atoms with van der Waals surface area (Å²) in [5, 5.41) is 10.7. The van der Waals surface area contributed by atoms with Gasteiger partial charge in [-0.3, -0.25) is 15.0 Å². The first kappa shape index (κ1) is 19.6. The van der Waals surface area contributed by atoms with Gasteiger partial charge in [0.2, 0.25) is 0 Å². The number of carbonyl (C=O) groups excluding carboxylic acids is 1. The second-order valence-corrected chi connectivity index (χ2v) is 6.51. The van der Waals surface area contributed by atoms with Gasteiger partial charge in [-0.05, 0) is 23.8 Å². The molecule has 0 radical (unpaired) electrons. The van der Waals surface area contributed by atoms with Crippen LogP contribution in [0.5, 0.6) is 0 Å². The number of hydrogen-bond donors (Lipinski definition) is 0. The first-order valence-electron chi connectivity index (χ1n) is 9.23. The number of benzene rings is 2. The molecular formula is C21H23N3O4. The smallest absolute Gasteiger partial charge is 0.330 e. The number of carbonyl (C=O) groups is 1. The Morgan fingerprint density at radius 3 is 2.36 bits per heavy atom. The first-order chi connectivity index (χ1) is 13.6. The molecule has 0 spiro atoms. The van der Waals surface area contributed by atoms with Crippen LogP contribution in [0.2, 0.25) is 0 Å². The molecule has 7 nitrogen and oxygen atoms in total. The van der Waals surface area contributed by atoms with Crippen LogP contribution in [-0.4, -0.2) is 55.1 Å². The van der Waals surface area contributed by atoms with E-state index < -0.39 is 4.92 Å². The third-order valence-electron chi connectivity index (χ3n) is 4.66. The zero-order valence-corrected chi connectivity index (χ0v) is 15.6. The van der Waals surface area contributed by atoms with Gasteiger partial charge in [0, 0.05) is 56.6 Å². The van der Waals surface area contributed by atoms with Crippen molar-refractivity contribution in [2.24, 2.45) is 0 Å². The number of ether oxygens (including phenoxy) is 1. The molecule has 28 heavy (non-hydrogen) atoms. The van der Waals surface area contributed by atoms with Crippen molar-refractivity contribution in [3.63, 3.8) is 0 Å². The van der Waals surface area contributed by atoms with Crippen LogP contribution < -0.4 is 4.90 Å². The van der Waals surface area contributed by atoms with Crippen molar-refractivity contribution in [2.75, 3.05) is 44.2 Å². The minimum atomic E-state index is -0.391. The third-order valence-corrected chi connectivity index (χ3v) is 4.66. The molecular weight excluding hydrogens is 358 g/mol. The molecule has 1 saturated heterocycles. The molecule has 1 aliphatic rings. The number of anilines is 1. The Labute approximate surface area is 164 Å². The van der Waals surface area contributed by atoms with E-state index in [-0.39, 0.29) is 11.7 Å². The van der Waals surface area contributed by atoms with Crippen molar-refractivity contribution in [1.82, 2.24) is 4.90 Å². The fraction of sp³-hybridized carbons (Fsp3) is 0.286. The zero-order valence-electron chi connectivity index (χ0n) is 15.6. The number of non-ortho nitro benzene ring substituents is 1. The zero-order chi connectivity index (χ0) is 19.8. The Kier molecular flexibility index (Phi) is 6.75. The largest absolute Gasteiger partial charge is 0.461 e. The third kappa shape index (κ3) is 5.65. The van der Waals surface area contributed by atoms with Gasteiger partial charge in [0.15, 0.2) is 0 Å². The summed E-state index contributed by atoms with van der Waals surface area (Å²) >= 11 is 0. The molecule has 0 aliphatic carbocycles. The quantitative estimate of drug-likeness (QED) is 0.318. The van der Waals surface area contributed by atoms with E-state index in [9.17, 15) is 14.9 Å². The normalized spacial score (nSPS) is 14.9. The predicted molar refractivity (Wildman–Crippen MR) is 108 cm³/mol. The minimum absolute atomic E-state index is 0.102. The van der Waals surface area contributed by atoms with Crippen molar-refractivity contribution in [3.8, 4) is 0 Å². The van der Waals surface area contributed by atoms with Gasteiger partial charge in [-0.25, -0.2) is 4.79 Å². The Morgan fingerprint density at radius 1 is 1.04 bits per heavy atom. The lowest BCUT2D eigenvalue weighted by molar-refractivity contribution is -0.384. The molecule has 0 bridgehead atoms. The van der Waals surface area contributed by atoms with E-state index in [0.717, 1.165) is 37.4 Å². The lowest BCUT2D eigenvalue weighted by Crippen LogP contribution is -2.47. The van der Waals surface area contributed by atoms with Gasteiger partial charge in [-0.1, -0.05) is 30.3 Å². The number of esters is 1. The highest BCUT2D eigenvalue weighted by atomic mass is 16.6. The lowest BCUT2D eigenvalue weighted by Gasteiger charge is -2.35. The molecule has 1 aliphatic heterocycles. The molecule has 3 rings (SSSR count). The number of hydrogen-bond acceptors (Lipinski definition) is 6. The molecule has 0 aromatic heterocycles. The highest BCUT2D eigenvalue weighted by Crippen LogP contribution is 2.20. The number of piperazine rings is 1. The number of rotatable bonds is 7. The number of nitro benzene ring substituents is 1. The Bertz CT molecular complexity index is 813. The topological polar surface area (TPSA) is 75.9 Å². The van der Waals surface area contributed by atoms with Gasteiger partial charge in [0.25, 0.3) is 5.69 Å². The number of nitrogens with zero attached hydrogens (tertiary/aromatic N) is 3. The molecule has 0 saturated carbocycles. The Balaban J connectivity index is 1.37. The van der Waals surface area contributed by atoms with E-state index in [2.05, 4.69) is 9.80 Å². The molecule has 1 heterocycles. The summed E-state index contributed by atoms with van der Waals surface area (Å²) in [5.74, 6) is -0.339. The van der Waals surface area contributed by atoms with E-state index in [4.69, 9.17) is 4.74 Å². The fourth-order valence-electron chi connectivity index (χ4n) is 3.07. The summed E-state index contributed by atoms with van der Waals surface area (Å²) in [5.41, 5.74) is 2.05. The van der Waals surface area contributed by atoms with Crippen LogP contribution in [0.3, 0.4) is 0 Å². The summed E-state index contributed by atoms with van der Waals surface area (Å²) in [4.78, 5) is 26.6. The maximum atomic E-state index is 11.8. The van der Waals surface area contributed by atoms with Crippen LogP contribution in [0.15, 0.2) is 60.7 Å². The van der Waals surface area contributed by atoms with Gasteiger partial charge in [0.1, 0.15) is 6.61 Å². The van der Waals surface area contributed by atoms with E-state index in [1.54, 1.807) is 18.2 Å². The van der Waals surface area contributed by atoms with Gasteiger partial charge in [-0.2, -0.15) is 0 Å². The minimum Gasteiger partial charge on any atom is -0.461 e. The molecule has 2 aromatic carbocycles. The molecule has 0 amide bonds. The van der Waals surface area contributed by atoms with Crippen LogP contribution in [0.1, 0.15) is 5.56 Å². The lowest BCUT2D eigenvalue weighted by atomic mass is 10.2. The predicted octanol–water partition coefficient (Wildman–Crippen LogP) is 2.97. The van der Waals surface area contributed by atoms with Crippen LogP contribution in [0.4, 0.5) is 11.4 Å². The van der Waals surface area contributed by atoms with Crippen molar-refractivity contribution in [2.45, 2.75) is 0 Å². The first-order valence-corrected chi connectivity index (χ1v) is 9.23. The van der Waals surface area contributed by atoms with E-state index in [0.29, 0.717) is 13.2 Å². The van der Waals surface area contributed by atoms with Gasteiger partial charge >= 0.3 is 5.97 Å². The monoisotopic (exact) mass is 381 g/mol. The van der Waals surface area contributed by atoms with Gasteiger partial charge < -0.3 is 9.64 Å². The highest BCUT2D eigenvalue weighted by Gasteiger charge is 2.18. The molecule has 1 fully saturated rings. The van der Waals surface area contributed by atoms with Crippen LogP contribution >= 0.6 is 0 Å². The second kappa shape index (κ2) is 9.66. The summed E-state index contributed by atoms with van der Waals surface area (Å²) in [6, 6.07) is 16.2. The summed E-state index contributed by atoms with van der Waals surface area (Å²) in [6.07, 6.45) is 3.19. The van der Waals surface area contributed by atoms with Crippen molar-refractivity contribution in [3.05, 3.63) is 76.4 Å². The molecule has 146 valence electrons. The van der Waals surface area contributed by atoms with Crippen molar-refractivity contribution < 1.29 is 14.5 Å². The van der Waals surface area contributed by atoms with Crippen LogP contribution in [-0.2, 0) is 9.53 Å². The Morgan fingerprint density at radius 2 is 1.71 bits per heavy atom. The maximum Gasteiger partial charge on any atom is 0.330 e. The van der Waals surface area contributed by atoms with Crippen molar-refractivity contribution in [1.29, 1.82) is 0 Å². The fourth-order valence-corrected chi connectivity index (χ4v) is 3.07. The molecule has 0 unspecified atom stereocenters. The standard InChI is InChI=1S/C21H23N3O4/c25-21(11-6-18-4-2-1-3-5-18)28-17-16-22-12-14-23(15-13-22)19-7-9-20(10-8-19)24(26)27/h1-11H,12-17H2. The summed E-state index contributed by atoms with van der Waals surface area (Å²) in [6.45, 7) is 4.43. The SMILES string of the molecule is O=C(C=Cc1ccccc1)OCCN1CCN(c2ccc([N+](=O)[O-])cc2)CC1. The van der Waals surface area contributed by atoms with Crippen LogP contribution in [0.25, 0.3) is 6.08 Å². The van der Waals surface area contributed by atoms with E-state index >= 15 is 0 Å². The Hall–Kier alpha value is -3.19. The van der Waals surface area contributed by atoms with Crippen LogP contribution in [0, 0.1) is 10.1 Å². The van der Waals surface area contributed by atoms with E-state index in [1.807, 2.05) is 30.3 Å². The van der Waals surface area contributed by atoms with Crippen molar-refractivity contribution >= 4 is 23.4 Å². The molecule has 2 aromatic rings. The maximum absolute atomic E-state index is 11.8. The summed E-state index contributed by atoms with van der Waals surface area (Å²) < 4.78 is 5.27. The van der Waals surface area contributed by atoms with E-state index in [1.165, 1.54) is 18.2 Å². The van der Waals surface area contributed by atoms with Gasteiger partial charge in [-0.15, -0.1) is 0 Å². The average molecular weight is 381 g/mol. The number of nitro groups is 1. The molecule has 0 atom stereocenters. The highest BCUT2D eigenvalue weighted by molar-refractivity contribution is 5.87. The van der Waals surface area contributed by atoms with Gasteiger partial charge in [0.05, 0.1) is 4.92 Å². The second-order valence-electron chi connectivity index (χ2n) is 6.51. The average Bonchev–Trinajstić information content (AvgIpc) is 2.73. The molecule has 7 heteroatoms. The molecule has 0 N–H and O–H groups in total.